The largest absolute Gasteiger partial charge is 0.375 e. The Kier molecular flexibility index (Phi) is 9.77. The molecular formula is C19H26Cl2N2OS. The van der Waals surface area contributed by atoms with Gasteiger partial charge in [-0.2, -0.15) is 0 Å². The van der Waals surface area contributed by atoms with E-state index in [2.05, 4.69) is 16.5 Å². The molecule has 0 amide bonds. The van der Waals surface area contributed by atoms with E-state index in [1.54, 1.807) is 18.0 Å². The first-order valence-corrected chi connectivity index (χ1v) is 10.6. The molecule has 1 heterocycles. The van der Waals surface area contributed by atoms with Gasteiger partial charge in [-0.3, -0.25) is 0 Å². The first-order valence-electron chi connectivity index (χ1n) is 8.84. The summed E-state index contributed by atoms with van der Waals surface area (Å²) in [5.74, 6) is 0.866. The highest BCUT2D eigenvalue weighted by Gasteiger charge is 2.12. The molecule has 0 bridgehead atoms. The summed E-state index contributed by atoms with van der Waals surface area (Å²) in [6.45, 7) is 3.85. The number of nitrogens with zero attached hydrogens (tertiary/aromatic N) is 2. The molecule has 0 aliphatic carbocycles. The Hall–Kier alpha value is -0.680. The fourth-order valence-corrected chi connectivity index (χ4v) is 3.80. The van der Waals surface area contributed by atoms with Crippen molar-refractivity contribution in [1.29, 1.82) is 0 Å². The van der Waals surface area contributed by atoms with Crippen LogP contribution in [0.3, 0.4) is 0 Å². The number of ether oxygens (including phenoxy) is 1. The Bertz CT molecular complexity index is 607. The second-order valence-corrected chi connectivity index (χ2v) is 7.96. The van der Waals surface area contributed by atoms with Crippen LogP contribution in [0.2, 0.25) is 10.0 Å². The molecule has 1 aromatic carbocycles. The van der Waals surface area contributed by atoms with Gasteiger partial charge in [0.2, 0.25) is 0 Å². The molecule has 1 unspecified atom stereocenters. The third-order valence-corrected chi connectivity index (χ3v) is 5.77. The van der Waals surface area contributed by atoms with Gasteiger partial charge >= 0.3 is 0 Å². The van der Waals surface area contributed by atoms with E-state index in [0.717, 1.165) is 30.2 Å². The van der Waals surface area contributed by atoms with Gasteiger partial charge in [-0.1, -0.05) is 55.8 Å². The fraction of sp³-hybridized carbons (Fsp3) is 0.526. The van der Waals surface area contributed by atoms with E-state index < -0.39 is 0 Å². The lowest BCUT2D eigenvalue weighted by molar-refractivity contribution is 0.0548. The van der Waals surface area contributed by atoms with Gasteiger partial charge < -0.3 is 9.30 Å². The summed E-state index contributed by atoms with van der Waals surface area (Å²) in [5, 5.41) is 1.18. The summed E-state index contributed by atoms with van der Waals surface area (Å²) in [6.07, 6.45) is 12.0. The van der Waals surface area contributed by atoms with Crippen molar-refractivity contribution in [2.75, 3.05) is 12.4 Å². The van der Waals surface area contributed by atoms with Crippen LogP contribution in [0.15, 0.2) is 41.8 Å². The third-order valence-electron chi connectivity index (χ3n) is 3.90. The van der Waals surface area contributed by atoms with E-state index in [0.29, 0.717) is 10.0 Å². The van der Waals surface area contributed by atoms with Gasteiger partial charge in [-0.25, -0.2) is 4.98 Å². The average molecular weight is 401 g/mol. The summed E-state index contributed by atoms with van der Waals surface area (Å²) < 4.78 is 8.21. The van der Waals surface area contributed by atoms with Gasteiger partial charge in [0.15, 0.2) is 0 Å². The van der Waals surface area contributed by atoms with Gasteiger partial charge in [0, 0.05) is 29.6 Å². The van der Waals surface area contributed by atoms with Crippen LogP contribution < -0.4 is 0 Å². The van der Waals surface area contributed by atoms with Gasteiger partial charge in [-0.05, 0) is 24.6 Å². The summed E-state index contributed by atoms with van der Waals surface area (Å²) in [6, 6.07) is 5.75. The molecule has 1 aromatic heterocycles. The van der Waals surface area contributed by atoms with Crippen LogP contribution in [0.5, 0.6) is 0 Å². The Morgan fingerprint density at radius 3 is 2.72 bits per heavy atom. The second-order valence-electron chi connectivity index (χ2n) is 6.05. The summed E-state index contributed by atoms with van der Waals surface area (Å²) in [7, 11) is 0. The van der Waals surface area contributed by atoms with Crippen LogP contribution in [-0.4, -0.2) is 28.0 Å². The molecule has 0 N–H and O–H groups in total. The average Bonchev–Trinajstić information content (AvgIpc) is 3.11. The predicted molar refractivity (Wildman–Crippen MR) is 108 cm³/mol. The van der Waals surface area contributed by atoms with Crippen molar-refractivity contribution in [3.63, 3.8) is 0 Å². The molecule has 138 valence electrons. The number of benzene rings is 1. The number of thioether (sulfide) groups is 1. The van der Waals surface area contributed by atoms with E-state index in [1.807, 2.05) is 30.7 Å². The zero-order chi connectivity index (χ0) is 17.9. The molecule has 0 saturated heterocycles. The van der Waals surface area contributed by atoms with Crippen LogP contribution in [0.4, 0.5) is 0 Å². The molecule has 25 heavy (non-hydrogen) atoms. The van der Waals surface area contributed by atoms with Crippen LogP contribution >= 0.6 is 35.0 Å². The molecule has 0 fully saturated rings. The Morgan fingerprint density at radius 2 is 2.00 bits per heavy atom. The first kappa shape index (κ1) is 20.6. The van der Waals surface area contributed by atoms with Crippen molar-refractivity contribution in [3.05, 3.63) is 47.0 Å². The molecule has 0 spiro atoms. The SMILES string of the molecule is CCCCCCCOC(CSc1ccc(Cl)c(Cl)c1)Cn1ccnc1. The normalized spacial score (nSPS) is 12.4. The lowest BCUT2D eigenvalue weighted by Gasteiger charge is -2.18. The molecule has 2 rings (SSSR count). The predicted octanol–water partition coefficient (Wildman–Crippen LogP) is 6.34. The minimum atomic E-state index is 0.139. The second kappa shape index (κ2) is 11.8. The number of halogens is 2. The third kappa shape index (κ3) is 8.04. The van der Waals surface area contributed by atoms with Crippen LogP contribution in [0.25, 0.3) is 0 Å². The van der Waals surface area contributed by atoms with E-state index in [9.17, 15) is 0 Å². The maximum atomic E-state index is 6.14. The Morgan fingerprint density at radius 1 is 1.16 bits per heavy atom. The molecule has 0 aliphatic rings. The van der Waals surface area contributed by atoms with Crippen LogP contribution in [-0.2, 0) is 11.3 Å². The van der Waals surface area contributed by atoms with Crippen molar-refractivity contribution in [2.24, 2.45) is 0 Å². The van der Waals surface area contributed by atoms with E-state index in [-0.39, 0.29) is 6.10 Å². The quantitative estimate of drug-likeness (QED) is 0.307. The zero-order valence-electron chi connectivity index (χ0n) is 14.7. The van der Waals surface area contributed by atoms with E-state index >= 15 is 0 Å². The van der Waals surface area contributed by atoms with Crippen LogP contribution in [0, 0.1) is 0 Å². The lowest BCUT2D eigenvalue weighted by Crippen LogP contribution is -2.23. The fourth-order valence-electron chi connectivity index (χ4n) is 2.49. The van der Waals surface area contributed by atoms with Crippen molar-refractivity contribution < 1.29 is 4.74 Å². The number of hydrogen-bond donors (Lipinski definition) is 0. The molecule has 3 nitrogen and oxygen atoms in total. The molecule has 0 aliphatic heterocycles. The number of unbranched alkanes of at least 4 members (excludes halogenated alkanes) is 4. The minimum Gasteiger partial charge on any atom is -0.375 e. The molecular weight excluding hydrogens is 375 g/mol. The van der Waals surface area contributed by atoms with Gasteiger partial charge in [0.05, 0.1) is 29.0 Å². The van der Waals surface area contributed by atoms with Gasteiger partial charge in [-0.15, -0.1) is 11.8 Å². The highest BCUT2D eigenvalue weighted by molar-refractivity contribution is 7.99. The maximum absolute atomic E-state index is 6.14. The number of hydrogen-bond acceptors (Lipinski definition) is 3. The molecule has 6 heteroatoms. The number of rotatable bonds is 12. The van der Waals surface area contributed by atoms with E-state index in [4.69, 9.17) is 27.9 Å². The maximum Gasteiger partial charge on any atom is 0.0946 e. The summed E-state index contributed by atoms with van der Waals surface area (Å²) in [5.41, 5.74) is 0. The summed E-state index contributed by atoms with van der Waals surface area (Å²) in [4.78, 5) is 5.22. The van der Waals surface area contributed by atoms with Crippen molar-refractivity contribution in [1.82, 2.24) is 9.55 Å². The lowest BCUT2D eigenvalue weighted by atomic mass is 10.2. The van der Waals surface area contributed by atoms with Crippen molar-refractivity contribution in [3.8, 4) is 0 Å². The van der Waals surface area contributed by atoms with Crippen LogP contribution in [0.1, 0.15) is 39.0 Å². The van der Waals surface area contributed by atoms with E-state index in [1.165, 1.54) is 25.7 Å². The first-order chi connectivity index (χ1) is 12.2. The minimum absolute atomic E-state index is 0.139. The smallest absolute Gasteiger partial charge is 0.0946 e. The Balaban J connectivity index is 1.81. The molecule has 0 radical (unpaired) electrons. The molecule has 2 aromatic rings. The van der Waals surface area contributed by atoms with Gasteiger partial charge in [0.25, 0.3) is 0 Å². The van der Waals surface area contributed by atoms with Crippen molar-refractivity contribution in [2.45, 2.75) is 56.6 Å². The topological polar surface area (TPSA) is 27.1 Å². The number of imidazole rings is 1. The highest BCUT2D eigenvalue weighted by Crippen LogP contribution is 2.28. The summed E-state index contributed by atoms with van der Waals surface area (Å²) >= 11 is 13.8. The van der Waals surface area contributed by atoms with Crippen molar-refractivity contribution >= 4 is 35.0 Å². The zero-order valence-corrected chi connectivity index (χ0v) is 17.0. The molecule has 0 saturated carbocycles. The highest BCUT2D eigenvalue weighted by atomic mass is 35.5. The monoisotopic (exact) mass is 400 g/mol. The Labute approximate surface area is 165 Å². The number of aromatic nitrogens is 2. The molecule has 1 atom stereocenters. The standard InChI is InChI=1S/C19H26Cl2N2OS/c1-2-3-4-5-6-11-24-16(13-23-10-9-22-15-23)14-25-17-7-8-18(20)19(21)12-17/h7-10,12,15-16H,2-6,11,13-14H2,1H3. The van der Waals surface area contributed by atoms with Gasteiger partial charge in [0.1, 0.15) is 0 Å².